The van der Waals surface area contributed by atoms with E-state index in [0.29, 0.717) is 6.42 Å². The minimum absolute atomic E-state index is 0.221. The summed E-state index contributed by atoms with van der Waals surface area (Å²) in [6, 6.07) is 6.04. The maximum atomic E-state index is 11.9. The molecule has 0 bridgehead atoms. The zero-order valence-corrected chi connectivity index (χ0v) is 16.5. The summed E-state index contributed by atoms with van der Waals surface area (Å²) in [5.41, 5.74) is 3.82. The van der Waals surface area contributed by atoms with E-state index in [0.717, 1.165) is 53.1 Å². The fourth-order valence-electron chi connectivity index (χ4n) is 2.78. The largest absolute Gasteiger partial charge is 0.367 e. The van der Waals surface area contributed by atoms with Crippen LogP contribution in [0.5, 0.6) is 0 Å². The molecule has 1 saturated heterocycles. The van der Waals surface area contributed by atoms with Gasteiger partial charge in [-0.15, -0.1) is 0 Å². The van der Waals surface area contributed by atoms with Crippen LogP contribution in [0.1, 0.15) is 11.1 Å². The van der Waals surface area contributed by atoms with Gasteiger partial charge in [0.15, 0.2) is 0 Å². The second-order valence-corrected chi connectivity index (χ2v) is 7.92. The summed E-state index contributed by atoms with van der Waals surface area (Å²) in [6.07, 6.45) is 3.95. The number of hydrogen-bond acceptors (Lipinski definition) is 7. The summed E-state index contributed by atoms with van der Waals surface area (Å²) in [6.45, 7) is 3.69. The SMILES string of the molecule is Cc1ccc(-c2cncc(NCCN(C)C)n2)cc1CC1SC(=O)NC1=O. The quantitative estimate of drug-likeness (QED) is 0.756. The number of benzene rings is 1. The van der Waals surface area contributed by atoms with Crippen molar-refractivity contribution >= 4 is 28.7 Å². The second-order valence-electron chi connectivity index (χ2n) is 6.75. The Morgan fingerprint density at radius 1 is 1.26 bits per heavy atom. The van der Waals surface area contributed by atoms with E-state index in [9.17, 15) is 9.59 Å². The normalized spacial score (nSPS) is 16.7. The van der Waals surface area contributed by atoms with Crippen molar-refractivity contribution in [1.82, 2.24) is 20.2 Å². The molecule has 2 heterocycles. The number of carbonyl (C=O) groups is 2. The summed E-state index contributed by atoms with van der Waals surface area (Å²) >= 11 is 1.05. The van der Waals surface area contributed by atoms with Gasteiger partial charge < -0.3 is 10.2 Å². The Bertz CT molecular complexity index is 856. The van der Waals surface area contributed by atoms with Gasteiger partial charge in [-0.1, -0.05) is 23.9 Å². The number of rotatable bonds is 7. The molecule has 1 aliphatic rings. The second kappa shape index (κ2) is 8.49. The molecule has 2 aromatic rings. The molecular weight excluding hydrogens is 362 g/mol. The van der Waals surface area contributed by atoms with Gasteiger partial charge in [-0.25, -0.2) is 4.98 Å². The predicted molar refractivity (Wildman–Crippen MR) is 108 cm³/mol. The summed E-state index contributed by atoms with van der Waals surface area (Å²) in [4.78, 5) is 34.3. The monoisotopic (exact) mass is 385 g/mol. The number of thioether (sulfide) groups is 1. The maximum absolute atomic E-state index is 11.9. The van der Waals surface area contributed by atoms with E-state index >= 15 is 0 Å². The number of aromatic nitrogens is 2. The zero-order valence-electron chi connectivity index (χ0n) is 15.7. The van der Waals surface area contributed by atoms with Crippen LogP contribution in [0.2, 0.25) is 0 Å². The Labute approximate surface area is 163 Å². The molecule has 8 heteroatoms. The molecule has 0 spiro atoms. The summed E-state index contributed by atoms with van der Waals surface area (Å²) in [7, 11) is 4.04. The number of hydrogen-bond donors (Lipinski definition) is 2. The van der Waals surface area contributed by atoms with Crippen LogP contribution in [-0.2, 0) is 11.2 Å². The van der Waals surface area contributed by atoms with Crippen LogP contribution < -0.4 is 10.6 Å². The first-order chi connectivity index (χ1) is 12.9. The molecular formula is C19H23N5O2S. The Morgan fingerprint density at radius 2 is 2.07 bits per heavy atom. The first-order valence-corrected chi connectivity index (χ1v) is 9.62. The van der Waals surface area contributed by atoms with Crippen molar-refractivity contribution in [2.45, 2.75) is 18.6 Å². The lowest BCUT2D eigenvalue weighted by Gasteiger charge is -2.13. The molecule has 3 rings (SSSR count). The molecule has 0 radical (unpaired) electrons. The number of nitrogens with zero attached hydrogens (tertiary/aromatic N) is 3. The van der Waals surface area contributed by atoms with Crippen molar-refractivity contribution in [1.29, 1.82) is 0 Å². The van der Waals surface area contributed by atoms with Crippen molar-refractivity contribution in [2.24, 2.45) is 0 Å². The fourth-order valence-corrected chi connectivity index (χ4v) is 3.62. The molecule has 1 atom stereocenters. The number of carbonyl (C=O) groups excluding carboxylic acids is 2. The molecule has 1 aromatic carbocycles. The third kappa shape index (κ3) is 5.05. The van der Waals surface area contributed by atoms with Crippen LogP contribution in [0.15, 0.2) is 30.6 Å². The van der Waals surface area contributed by atoms with Gasteiger partial charge in [-0.05, 0) is 44.6 Å². The number of aryl methyl sites for hydroxylation is 1. The number of anilines is 1. The Morgan fingerprint density at radius 3 is 2.78 bits per heavy atom. The van der Waals surface area contributed by atoms with Gasteiger partial charge in [-0.2, -0.15) is 0 Å². The molecule has 0 aliphatic carbocycles. The molecule has 1 aliphatic heterocycles. The van der Waals surface area contributed by atoms with Crippen LogP contribution >= 0.6 is 11.8 Å². The third-order valence-electron chi connectivity index (χ3n) is 4.32. The number of amides is 2. The molecule has 7 nitrogen and oxygen atoms in total. The van der Waals surface area contributed by atoms with Crippen LogP contribution in [0.4, 0.5) is 10.6 Å². The van der Waals surface area contributed by atoms with Gasteiger partial charge >= 0.3 is 0 Å². The van der Waals surface area contributed by atoms with E-state index in [2.05, 4.69) is 25.5 Å². The first-order valence-electron chi connectivity index (χ1n) is 8.74. The smallest absolute Gasteiger partial charge is 0.286 e. The van der Waals surface area contributed by atoms with E-state index in [4.69, 9.17) is 0 Å². The molecule has 1 aromatic heterocycles. The summed E-state index contributed by atoms with van der Waals surface area (Å²) < 4.78 is 0. The average Bonchev–Trinajstić information content (AvgIpc) is 2.94. The molecule has 0 saturated carbocycles. The highest BCUT2D eigenvalue weighted by atomic mass is 32.2. The maximum Gasteiger partial charge on any atom is 0.286 e. The fraction of sp³-hybridized carbons (Fsp3) is 0.368. The molecule has 2 amide bonds. The number of nitrogens with one attached hydrogen (secondary N) is 2. The molecule has 142 valence electrons. The van der Waals surface area contributed by atoms with E-state index in [1.54, 1.807) is 12.4 Å². The lowest BCUT2D eigenvalue weighted by atomic mass is 9.99. The predicted octanol–water partition coefficient (Wildman–Crippen LogP) is 2.32. The molecule has 2 N–H and O–H groups in total. The van der Waals surface area contributed by atoms with Crippen LogP contribution in [0, 0.1) is 6.92 Å². The highest BCUT2D eigenvalue weighted by Crippen LogP contribution is 2.27. The highest BCUT2D eigenvalue weighted by molar-refractivity contribution is 8.15. The van der Waals surface area contributed by atoms with Crippen LogP contribution in [0.25, 0.3) is 11.3 Å². The topological polar surface area (TPSA) is 87.2 Å². The van der Waals surface area contributed by atoms with E-state index in [1.807, 2.05) is 39.2 Å². The van der Waals surface area contributed by atoms with E-state index < -0.39 is 0 Å². The van der Waals surface area contributed by atoms with Crippen LogP contribution in [-0.4, -0.2) is 58.4 Å². The zero-order chi connectivity index (χ0) is 19.4. The first kappa shape index (κ1) is 19.3. The van der Waals surface area contributed by atoms with E-state index in [1.165, 1.54) is 0 Å². The Balaban J connectivity index is 1.77. The molecule has 1 unspecified atom stereocenters. The average molecular weight is 385 g/mol. The van der Waals surface area contributed by atoms with Gasteiger partial charge in [0, 0.05) is 18.7 Å². The van der Waals surface area contributed by atoms with Crippen molar-refractivity contribution in [3.63, 3.8) is 0 Å². The highest BCUT2D eigenvalue weighted by Gasteiger charge is 2.31. The summed E-state index contributed by atoms with van der Waals surface area (Å²) in [5.74, 6) is 0.509. The van der Waals surface area contributed by atoms with Crippen LogP contribution in [0.3, 0.4) is 0 Å². The Hall–Kier alpha value is -2.45. The minimum Gasteiger partial charge on any atom is -0.367 e. The molecule has 27 heavy (non-hydrogen) atoms. The number of imide groups is 1. The lowest BCUT2D eigenvalue weighted by Crippen LogP contribution is -2.25. The third-order valence-corrected chi connectivity index (χ3v) is 5.30. The van der Waals surface area contributed by atoms with Gasteiger partial charge in [0.25, 0.3) is 5.24 Å². The standard InChI is InChI=1S/C19H23N5O2S/c1-12-4-5-13(8-14(12)9-16-18(25)23-19(26)27-16)15-10-20-11-17(22-15)21-6-7-24(2)3/h4-5,8,10-11,16H,6-7,9H2,1-3H3,(H,21,22)(H,23,25,26). The minimum atomic E-state index is -0.378. The van der Waals surface area contributed by atoms with Crippen molar-refractivity contribution in [3.8, 4) is 11.3 Å². The van der Waals surface area contributed by atoms with E-state index in [-0.39, 0.29) is 16.4 Å². The Kier molecular flexibility index (Phi) is 6.08. The summed E-state index contributed by atoms with van der Waals surface area (Å²) in [5, 5.41) is 4.96. The van der Waals surface area contributed by atoms with Crippen molar-refractivity contribution < 1.29 is 9.59 Å². The van der Waals surface area contributed by atoms with Crippen molar-refractivity contribution in [2.75, 3.05) is 32.5 Å². The van der Waals surface area contributed by atoms with Gasteiger partial charge in [0.1, 0.15) is 5.82 Å². The number of likely N-dealkylation sites (N-methyl/N-ethyl adjacent to an activating group) is 1. The van der Waals surface area contributed by atoms with Gasteiger partial charge in [-0.3, -0.25) is 19.9 Å². The van der Waals surface area contributed by atoms with Gasteiger partial charge in [0.2, 0.25) is 5.91 Å². The lowest BCUT2D eigenvalue weighted by molar-refractivity contribution is -0.118. The van der Waals surface area contributed by atoms with Gasteiger partial charge in [0.05, 0.1) is 23.3 Å². The molecule has 1 fully saturated rings. The van der Waals surface area contributed by atoms with Crippen molar-refractivity contribution in [3.05, 3.63) is 41.7 Å².